The van der Waals surface area contributed by atoms with Gasteiger partial charge < -0.3 is 15.0 Å². The lowest BCUT2D eigenvalue weighted by atomic mass is 9.82. The molecule has 2 heterocycles. The van der Waals surface area contributed by atoms with Gasteiger partial charge >= 0.3 is 5.97 Å². The number of thioether (sulfide) groups is 1. The number of carbonyl (C=O) groups is 1. The normalized spacial score (nSPS) is 15.5. The van der Waals surface area contributed by atoms with E-state index in [4.69, 9.17) is 16.3 Å². The number of esters is 1. The van der Waals surface area contributed by atoms with Crippen molar-refractivity contribution in [2.75, 3.05) is 17.7 Å². The predicted molar refractivity (Wildman–Crippen MR) is 117 cm³/mol. The SMILES string of the molecule is C=CCOC(=O)C1=C(C)Nc2nc(SCCC)[nH]c(=O)c2C1c1ccc(Cl)cc1. The molecule has 1 aliphatic heterocycles. The van der Waals surface area contributed by atoms with Crippen molar-refractivity contribution >= 4 is 35.1 Å². The Morgan fingerprint density at radius 3 is 2.76 bits per heavy atom. The maximum Gasteiger partial charge on any atom is 0.337 e. The van der Waals surface area contributed by atoms with Crippen molar-refractivity contribution in [3.8, 4) is 0 Å². The molecule has 8 heteroatoms. The average Bonchev–Trinajstić information content (AvgIpc) is 2.70. The number of hydrogen-bond donors (Lipinski definition) is 2. The monoisotopic (exact) mass is 431 g/mol. The Morgan fingerprint density at radius 2 is 2.10 bits per heavy atom. The number of hydrogen-bond acceptors (Lipinski definition) is 6. The molecule has 0 saturated heterocycles. The molecule has 0 spiro atoms. The number of allylic oxidation sites excluding steroid dienone is 1. The minimum absolute atomic E-state index is 0.0804. The highest BCUT2D eigenvalue weighted by atomic mass is 35.5. The lowest BCUT2D eigenvalue weighted by Gasteiger charge is -2.28. The number of ether oxygens (including phenoxy) is 1. The van der Waals surface area contributed by atoms with Gasteiger partial charge in [-0.2, -0.15) is 0 Å². The molecule has 1 unspecified atom stereocenters. The molecule has 6 nitrogen and oxygen atoms in total. The first-order chi connectivity index (χ1) is 14.0. The third-order valence-corrected chi connectivity index (χ3v) is 5.75. The van der Waals surface area contributed by atoms with Gasteiger partial charge in [0.1, 0.15) is 12.4 Å². The van der Waals surface area contributed by atoms with Crippen LogP contribution in [-0.4, -0.2) is 28.3 Å². The molecule has 29 heavy (non-hydrogen) atoms. The van der Waals surface area contributed by atoms with Crippen LogP contribution in [0.2, 0.25) is 5.02 Å². The summed E-state index contributed by atoms with van der Waals surface area (Å²) in [7, 11) is 0. The summed E-state index contributed by atoms with van der Waals surface area (Å²) in [6.45, 7) is 7.50. The summed E-state index contributed by atoms with van der Waals surface area (Å²) in [5, 5.41) is 4.23. The van der Waals surface area contributed by atoms with Crippen molar-refractivity contribution in [1.29, 1.82) is 0 Å². The van der Waals surface area contributed by atoms with Crippen molar-refractivity contribution in [2.45, 2.75) is 31.3 Å². The van der Waals surface area contributed by atoms with Gasteiger partial charge in [-0.3, -0.25) is 4.79 Å². The number of rotatable bonds is 7. The van der Waals surface area contributed by atoms with Crippen LogP contribution in [0.5, 0.6) is 0 Å². The first-order valence-electron chi connectivity index (χ1n) is 9.24. The summed E-state index contributed by atoms with van der Waals surface area (Å²) in [6.07, 6.45) is 2.46. The largest absolute Gasteiger partial charge is 0.458 e. The van der Waals surface area contributed by atoms with Gasteiger partial charge in [-0.1, -0.05) is 55.1 Å². The molecule has 1 aromatic carbocycles. The van der Waals surface area contributed by atoms with Gasteiger partial charge in [-0.05, 0) is 31.0 Å². The number of nitrogens with zero attached hydrogens (tertiary/aromatic N) is 1. The summed E-state index contributed by atoms with van der Waals surface area (Å²) in [5.41, 5.74) is 1.80. The lowest BCUT2D eigenvalue weighted by Crippen LogP contribution is -2.31. The van der Waals surface area contributed by atoms with Crippen molar-refractivity contribution in [3.63, 3.8) is 0 Å². The second-order valence-corrected chi connectivity index (χ2v) is 8.04. The van der Waals surface area contributed by atoms with Crippen molar-refractivity contribution in [1.82, 2.24) is 9.97 Å². The molecule has 0 amide bonds. The van der Waals surface area contributed by atoms with E-state index in [9.17, 15) is 9.59 Å². The van der Waals surface area contributed by atoms with E-state index in [0.717, 1.165) is 17.7 Å². The smallest absolute Gasteiger partial charge is 0.337 e. The van der Waals surface area contributed by atoms with E-state index < -0.39 is 11.9 Å². The Hall–Kier alpha value is -2.51. The van der Waals surface area contributed by atoms with E-state index in [1.54, 1.807) is 31.2 Å². The number of benzene rings is 1. The zero-order chi connectivity index (χ0) is 21.0. The molecule has 0 fully saturated rings. The Kier molecular flexibility index (Phi) is 6.82. The Balaban J connectivity index is 2.15. The number of fused-ring (bicyclic) bond motifs is 1. The molecule has 1 atom stereocenters. The zero-order valence-electron chi connectivity index (χ0n) is 16.3. The Labute approximate surface area is 178 Å². The van der Waals surface area contributed by atoms with Gasteiger partial charge in [0.25, 0.3) is 5.56 Å². The molecular formula is C21H22ClN3O3S. The van der Waals surface area contributed by atoms with Crippen LogP contribution in [0.15, 0.2) is 58.1 Å². The van der Waals surface area contributed by atoms with Crippen molar-refractivity contribution in [3.05, 3.63) is 74.7 Å². The number of halogens is 1. The molecule has 152 valence electrons. The van der Waals surface area contributed by atoms with Crippen molar-refractivity contribution < 1.29 is 9.53 Å². The second-order valence-electron chi connectivity index (χ2n) is 6.52. The summed E-state index contributed by atoms with van der Waals surface area (Å²) < 4.78 is 5.29. The van der Waals surface area contributed by atoms with Gasteiger partial charge in [0, 0.05) is 16.5 Å². The zero-order valence-corrected chi connectivity index (χ0v) is 17.8. The summed E-state index contributed by atoms with van der Waals surface area (Å²) in [4.78, 5) is 33.3. The van der Waals surface area contributed by atoms with Crippen LogP contribution in [0.25, 0.3) is 0 Å². The highest BCUT2D eigenvalue weighted by Crippen LogP contribution is 2.40. The summed E-state index contributed by atoms with van der Waals surface area (Å²) in [6, 6.07) is 7.06. The van der Waals surface area contributed by atoms with Crippen LogP contribution in [0.4, 0.5) is 5.82 Å². The molecular weight excluding hydrogens is 410 g/mol. The van der Waals surface area contributed by atoms with E-state index in [1.807, 2.05) is 0 Å². The number of aromatic amines is 1. The highest BCUT2D eigenvalue weighted by Gasteiger charge is 2.36. The maximum absolute atomic E-state index is 13.0. The minimum Gasteiger partial charge on any atom is -0.458 e. The van der Waals surface area contributed by atoms with Gasteiger partial charge in [0.2, 0.25) is 0 Å². The molecule has 1 aromatic heterocycles. The second kappa shape index (κ2) is 9.33. The Bertz CT molecular complexity index is 1010. The molecule has 2 aromatic rings. The number of H-pyrrole nitrogens is 1. The van der Waals surface area contributed by atoms with Crippen LogP contribution in [0.3, 0.4) is 0 Å². The van der Waals surface area contributed by atoms with E-state index in [0.29, 0.717) is 32.8 Å². The predicted octanol–water partition coefficient (Wildman–Crippen LogP) is 4.49. The molecule has 0 radical (unpaired) electrons. The fourth-order valence-electron chi connectivity index (χ4n) is 3.17. The number of nitrogens with one attached hydrogen (secondary N) is 2. The third kappa shape index (κ3) is 4.57. The van der Waals surface area contributed by atoms with E-state index in [1.165, 1.54) is 17.8 Å². The number of carbonyl (C=O) groups excluding carboxylic acids is 1. The molecule has 2 N–H and O–H groups in total. The topological polar surface area (TPSA) is 84.1 Å². The van der Waals surface area contributed by atoms with Crippen LogP contribution in [0.1, 0.15) is 37.3 Å². The quantitative estimate of drug-likeness (QED) is 0.291. The molecule has 0 bridgehead atoms. The molecule has 0 aliphatic carbocycles. The first kappa shape index (κ1) is 21.2. The average molecular weight is 432 g/mol. The third-order valence-electron chi connectivity index (χ3n) is 4.42. The summed E-state index contributed by atoms with van der Waals surface area (Å²) in [5.74, 6) is 0.160. The van der Waals surface area contributed by atoms with E-state index in [-0.39, 0.29) is 12.2 Å². The van der Waals surface area contributed by atoms with Crippen LogP contribution in [-0.2, 0) is 9.53 Å². The van der Waals surface area contributed by atoms with Gasteiger partial charge in [0.15, 0.2) is 5.16 Å². The van der Waals surface area contributed by atoms with Crippen LogP contribution >= 0.6 is 23.4 Å². The highest BCUT2D eigenvalue weighted by molar-refractivity contribution is 7.99. The summed E-state index contributed by atoms with van der Waals surface area (Å²) >= 11 is 7.52. The first-order valence-corrected chi connectivity index (χ1v) is 10.6. The van der Waals surface area contributed by atoms with Crippen LogP contribution < -0.4 is 10.9 Å². The number of anilines is 1. The minimum atomic E-state index is -0.623. The van der Waals surface area contributed by atoms with Crippen LogP contribution in [0, 0.1) is 0 Å². The standard InChI is InChI=1S/C21H22ClN3O3S/c1-4-10-28-20(27)15-12(3)23-18-17(16(15)13-6-8-14(22)9-7-13)19(26)25-21(24-18)29-11-5-2/h4,6-9,16H,1,5,10-11H2,2-3H3,(H2,23,24,25,26). The lowest BCUT2D eigenvalue weighted by molar-refractivity contribution is -0.138. The van der Waals surface area contributed by atoms with Gasteiger partial charge in [0.05, 0.1) is 17.1 Å². The molecule has 3 rings (SSSR count). The maximum atomic E-state index is 13.0. The van der Waals surface area contributed by atoms with Gasteiger partial charge in [-0.15, -0.1) is 0 Å². The van der Waals surface area contributed by atoms with E-state index in [2.05, 4.69) is 28.8 Å². The molecule has 1 aliphatic rings. The van der Waals surface area contributed by atoms with E-state index >= 15 is 0 Å². The van der Waals surface area contributed by atoms with Crippen molar-refractivity contribution in [2.24, 2.45) is 0 Å². The molecule has 0 saturated carbocycles. The Morgan fingerprint density at radius 1 is 1.38 bits per heavy atom. The van der Waals surface area contributed by atoms with Gasteiger partial charge in [-0.25, -0.2) is 9.78 Å². The fourth-order valence-corrected chi connectivity index (χ4v) is 4.01. The fraction of sp³-hybridized carbons (Fsp3) is 0.286. The number of aromatic nitrogens is 2.